The number of H-pyrrole nitrogens is 1. The number of nitrogens with one attached hydrogen (secondary N) is 1. The number of aromatic amines is 1. The molecule has 0 atom stereocenters. The van der Waals surface area contributed by atoms with Crippen LogP contribution in [0.15, 0.2) is 67.4 Å². The summed E-state index contributed by atoms with van der Waals surface area (Å²) in [5.74, 6) is 0.968. The molecule has 0 bridgehead atoms. The van der Waals surface area contributed by atoms with Gasteiger partial charge in [0.05, 0.1) is 6.54 Å². The van der Waals surface area contributed by atoms with E-state index < -0.39 is 0 Å². The molecule has 2 heterocycles. The summed E-state index contributed by atoms with van der Waals surface area (Å²) in [4.78, 5) is 18.2. The second-order valence-electron chi connectivity index (χ2n) is 9.33. The van der Waals surface area contributed by atoms with Crippen molar-refractivity contribution >= 4 is 16.7 Å². The Morgan fingerprint density at radius 3 is 2.58 bits per heavy atom. The lowest BCUT2D eigenvalue weighted by atomic mass is 9.82. The van der Waals surface area contributed by atoms with E-state index >= 15 is 0 Å². The number of carbonyl (C=O) groups excluding carboxylic acids is 1. The molecule has 0 saturated heterocycles. The highest BCUT2D eigenvalue weighted by atomic mass is 16.1. The maximum atomic E-state index is 12.5. The van der Waals surface area contributed by atoms with Crippen molar-refractivity contribution in [3.05, 3.63) is 78.5 Å². The largest absolute Gasteiger partial charge is 0.361 e. The minimum absolute atomic E-state index is 0.213. The second-order valence-corrected chi connectivity index (χ2v) is 9.33. The summed E-state index contributed by atoms with van der Waals surface area (Å²) in [5, 5.41) is 9.12. The molecular weight excluding hydrogens is 410 g/mol. The van der Waals surface area contributed by atoms with Gasteiger partial charge in [0.25, 0.3) is 0 Å². The fourth-order valence-electron chi connectivity index (χ4n) is 5.17. The third-order valence-corrected chi connectivity index (χ3v) is 7.22. The Bertz CT molecular complexity index is 1190. The normalized spacial score (nSPS) is 18.7. The van der Waals surface area contributed by atoms with Crippen molar-refractivity contribution in [3.8, 4) is 5.69 Å². The predicted molar refractivity (Wildman–Crippen MR) is 131 cm³/mol. The van der Waals surface area contributed by atoms with Crippen molar-refractivity contribution in [2.45, 2.75) is 44.6 Å². The Labute approximate surface area is 194 Å². The molecule has 2 aromatic carbocycles. The van der Waals surface area contributed by atoms with Gasteiger partial charge in [-0.2, -0.15) is 0 Å². The summed E-state index contributed by atoms with van der Waals surface area (Å²) >= 11 is 0. The van der Waals surface area contributed by atoms with Crippen molar-refractivity contribution < 1.29 is 4.79 Å². The van der Waals surface area contributed by atoms with E-state index in [1.165, 1.54) is 48.6 Å². The summed E-state index contributed by atoms with van der Waals surface area (Å²) in [7, 11) is 2.10. The van der Waals surface area contributed by atoms with Crippen molar-refractivity contribution in [2.24, 2.45) is 5.92 Å². The average molecular weight is 442 g/mol. The van der Waals surface area contributed by atoms with E-state index in [1.807, 2.05) is 34.9 Å². The van der Waals surface area contributed by atoms with Crippen molar-refractivity contribution in [3.63, 3.8) is 0 Å². The second kappa shape index (κ2) is 9.71. The molecule has 33 heavy (non-hydrogen) atoms. The summed E-state index contributed by atoms with van der Waals surface area (Å²) < 4.78 is 1.94. The fraction of sp³-hybridized carbons (Fsp3) is 0.370. The summed E-state index contributed by atoms with van der Waals surface area (Å²) in [6, 6.07) is 16.6. The van der Waals surface area contributed by atoms with Gasteiger partial charge in [0.1, 0.15) is 12.7 Å². The Kier molecular flexibility index (Phi) is 6.35. The van der Waals surface area contributed by atoms with Gasteiger partial charge in [-0.05, 0) is 75.3 Å². The number of Topliss-reactive ketones (excluding diaryl/α,β-unsaturated/α-hetero) is 1. The lowest BCUT2D eigenvalue weighted by Crippen LogP contribution is -2.38. The first-order valence-corrected chi connectivity index (χ1v) is 11.9. The number of fused-ring (bicyclic) bond motifs is 1. The molecule has 0 aliphatic heterocycles. The van der Waals surface area contributed by atoms with Crippen LogP contribution in [0.2, 0.25) is 0 Å². The molecule has 6 nitrogen and oxygen atoms in total. The maximum Gasteiger partial charge on any atom is 0.176 e. The van der Waals surface area contributed by atoms with Crippen LogP contribution in [0, 0.1) is 5.92 Å². The quantitative estimate of drug-likeness (QED) is 0.388. The van der Waals surface area contributed by atoms with Gasteiger partial charge in [-0.3, -0.25) is 14.3 Å². The Hall–Kier alpha value is -3.25. The first-order valence-electron chi connectivity index (χ1n) is 11.9. The predicted octanol–water partition coefficient (Wildman–Crippen LogP) is 5.05. The van der Waals surface area contributed by atoms with Gasteiger partial charge in [0, 0.05) is 34.4 Å². The van der Waals surface area contributed by atoms with Gasteiger partial charge in [0.2, 0.25) is 0 Å². The Morgan fingerprint density at radius 1 is 1.06 bits per heavy atom. The fourth-order valence-corrected chi connectivity index (χ4v) is 5.17. The van der Waals surface area contributed by atoms with E-state index in [1.54, 1.807) is 12.7 Å². The Balaban J connectivity index is 1.14. The molecule has 5 rings (SSSR count). The summed E-state index contributed by atoms with van der Waals surface area (Å²) in [5.41, 5.74) is 4.45. The minimum atomic E-state index is 0.213. The topological polar surface area (TPSA) is 66.8 Å². The third-order valence-electron chi connectivity index (χ3n) is 7.22. The highest BCUT2D eigenvalue weighted by molar-refractivity contribution is 5.97. The lowest BCUT2D eigenvalue weighted by molar-refractivity contribution is 0.0884. The molecular formula is C27H31N5O. The SMILES string of the molecule is CN(CC(=O)c1ccccc1)[C@H]1CC[C@@H](CCc2c[nH]c3ccc(-n4cnnc4)cc23)CC1. The van der Waals surface area contributed by atoms with Crippen LogP contribution in [0.25, 0.3) is 16.6 Å². The molecule has 1 N–H and O–H groups in total. The van der Waals surface area contributed by atoms with E-state index in [0.717, 1.165) is 23.6 Å². The number of likely N-dealkylation sites (N-methyl/N-ethyl adjacent to an activating group) is 1. The molecule has 6 heteroatoms. The van der Waals surface area contributed by atoms with Crippen LogP contribution < -0.4 is 0 Å². The highest BCUT2D eigenvalue weighted by Crippen LogP contribution is 2.31. The molecule has 0 spiro atoms. The minimum Gasteiger partial charge on any atom is -0.361 e. The van der Waals surface area contributed by atoms with E-state index in [9.17, 15) is 4.79 Å². The number of nitrogens with zero attached hydrogens (tertiary/aromatic N) is 4. The van der Waals surface area contributed by atoms with Gasteiger partial charge in [-0.25, -0.2) is 0 Å². The van der Waals surface area contributed by atoms with Crippen LogP contribution in [-0.4, -0.2) is 50.1 Å². The third kappa shape index (κ3) is 4.91. The van der Waals surface area contributed by atoms with Crippen molar-refractivity contribution in [1.82, 2.24) is 24.6 Å². The van der Waals surface area contributed by atoms with Crippen LogP contribution in [-0.2, 0) is 6.42 Å². The lowest BCUT2D eigenvalue weighted by Gasteiger charge is -2.34. The molecule has 4 aromatic rings. The molecule has 1 fully saturated rings. The molecule has 170 valence electrons. The number of aromatic nitrogens is 4. The number of ketones is 1. The molecule has 0 radical (unpaired) electrons. The van der Waals surface area contributed by atoms with Gasteiger partial charge in [0.15, 0.2) is 5.78 Å². The van der Waals surface area contributed by atoms with E-state index in [4.69, 9.17) is 0 Å². The Morgan fingerprint density at radius 2 is 1.82 bits per heavy atom. The van der Waals surface area contributed by atoms with Gasteiger partial charge < -0.3 is 4.98 Å². The van der Waals surface area contributed by atoms with E-state index in [-0.39, 0.29) is 5.78 Å². The average Bonchev–Trinajstić information content (AvgIpc) is 3.53. The number of aryl methyl sites for hydroxylation is 1. The number of carbonyl (C=O) groups is 1. The number of hydrogen-bond acceptors (Lipinski definition) is 4. The first kappa shape index (κ1) is 21.6. The van der Waals surface area contributed by atoms with Gasteiger partial charge in [-0.15, -0.1) is 10.2 Å². The molecule has 1 aliphatic rings. The number of benzene rings is 2. The van der Waals surface area contributed by atoms with Crippen LogP contribution >= 0.6 is 0 Å². The van der Waals surface area contributed by atoms with Crippen molar-refractivity contribution in [1.29, 1.82) is 0 Å². The van der Waals surface area contributed by atoms with Gasteiger partial charge >= 0.3 is 0 Å². The maximum absolute atomic E-state index is 12.5. The van der Waals surface area contributed by atoms with Crippen LogP contribution in [0.3, 0.4) is 0 Å². The monoisotopic (exact) mass is 441 g/mol. The molecule has 2 aromatic heterocycles. The summed E-state index contributed by atoms with van der Waals surface area (Å²) in [6.07, 6.45) is 12.8. The van der Waals surface area contributed by atoms with Crippen LogP contribution in [0.4, 0.5) is 0 Å². The van der Waals surface area contributed by atoms with Crippen LogP contribution in [0.1, 0.15) is 48.0 Å². The van der Waals surface area contributed by atoms with Crippen molar-refractivity contribution in [2.75, 3.05) is 13.6 Å². The summed E-state index contributed by atoms with van der Waals surface area (Å²) in [6.45, 7) is 0.503. The molecule has 1 saturated carbocycles. The highest BCUT2D eigenvalue weighted by Gasteiger charge is 2.25. The smallest absolute Gasteiger partial charge is 0.176 e. The zero-order chi connectivity index (χ0) is 22.6. The number of hydrogen-bond donors (Lipinski definition) is 1. The molecule has 0 unspecified atom stereocenters. The zero-order valence-electron chi connectivity index (χ0n) is 19.2. The standard InChI is InChI=1S/C27H31N5O/c1-31(17-27(33)21-5-3-2-4-6-21)23-11-8-20(9-12-23)7-10-22-16-28-26-14-13-24(15-25(22)26)32-18-29-30-19-32/h2-6,13-16,18-20,23,28H,7-12,17H2,1H3/t20-,23+. The van der Waals surface area contributed by atoms with Crippen LogP contribution in [0.5, 0.6) is 0 Å². The molecule has 0 amide bonds. The van der Waals surface area contributed by atoms with E-state index in [0.29, 0.717) is 12.6 Å². The first-order chi connectivity index (χ1) is 16.2. The molecule has 1 aliphatic carbocycles. The number of rotatable bonds is 8. The van der Waals surface area contributed by atoms with Gasteiger partial charge in [-0.1, -0.05) is 30.3 Å². The zero-order valence-corrected chi connectivity index (χ0v) is 19.2. The van der Waals surface area contributed by atoms with E-state index in [2.05, 4.69) is 51.5 Å².